The second-order valence-electron chi connectivity index (χ2n) is 4.64. The standard InChI is InChI=1S/C15H13BrN2O3/c16-10-3-4-11-9(6-10)7-12(17-11)15(20)18-13(8-19)14-2-1-5-21-14/h1-7,13,17,19H,8H2,(H,18,20). The molecule has 3 rings (SSSR count). The van der Waals surface area contributed by atoms with Gasteiger partial charge in [0.1, 0.15) is 17.5 Å². The lowest BCUT2D eigenvalue weighted by molar-refractivity contribution is 0.0903. The molecular formula is C15H13BrN2O3. The Labute approximate surface area is 129 Å². The molecule has 0 aliphatic rings. The average molecular weight is 349 g/mol. The maximum absolute atomic E-state index is 12.3. The lowest BCUT2D eigenvalue weighted by atomic mass is 10.2. The van der Waals surface area contributed by atoms with E-state index in [-0.39, 0.29) is 12.5 Å². The third-order valence-corrected chi connectivity index (χ3v) is 3.70. The summed E-state index contributed by atoms with van der Waals surface area (Å²) < 4.78 is 6.16. The van der Waals surface area contributed by atoms with Crippen LogP contribution >= 0.6 is 15.9 Å². The normalized spacial score (nSPS) is 12.5. The molecule has 108 valence electrons. The highest BCUT2D eigenvalue weighted by Crippen LogP contribution is 2.21. The predicted molar refractivity (Wildman–Crippen MR) is 82.0 cm³/mol. The van der Waals surface area contributed by atoms with E-state index in [1.165, 1.54) is 6.26 Å². The number of aromatic amines is 1. The molecule has 1 unspecified atom stereocenters. The molecule has 0 aliphatic carbocycles. The first-order valence-corrected chi connectivity index (χ1v) is 7.20. The van der Waals surface area contributed by atoms with Crippen LogP contribution in [0.2, 0.25) is 0 Å². The molecule has 2 aromatic heterocycles. The van der Waals surface area contributed by atoms with Gasteiger partial charge in [-0.15, -0.1) is 0 Å². The van der Waals surface area contributed by atoms with Crippen LogP contribution in [0.15, 0.2) is 51.6 Å². The molecule has 0 spiro atoms. The molecule has 2 heterocycles. The fraction of sp³-hybridized carbons (Fsp3) is 0.133. The van der Waals surface area contributed by atoms with Gasteiger partial charge < -0.3 is 19.8 Å². The number of fused-ring (bicyclic) bond motifs is 1. The first-order valence-electron chi connectivity index (χ1n) is 6.41. The molecule has 3 aromatic rings. The van der Waals surface area contributed by atoms with E-state index in [4.69, 9.17) is 4.42 Å². The number of aliphatic hydroxyl groups excluding tert-OH is 1. The van der Waals surface area contributed by atoms with Crippen molar-refractivity contribution in [2.45, 2.75) is 6.04 Å². The van der Waals surface area contributed by atoms with Crippen LogP contribution in [0, 0.1) is 0 Å². The zero-order valence-corrected chi connectivity index (χ0v) is 12.6. The number of furan rings is 1. The number of H-pyrrole nitrogens is 1. The Morgan fingerprint density at radius 2 is 2.24 bits per heavy atom. The molecule has 1 aromatic carbocycles. The Morgan fingerprint density at radius 3 is 2.95 bits per heavy atom. The lowest BCUT2D eigenvalue weighted by Gasteiger charge is -2.12. The van der Waals surface area contributed by atoms with Crippen LogP contribution < -0.4 is 5.32 Å². The number of aromatic nitrogens is 1. The Balaban J connectivity index is 1.83. The minimum Gasteiger partial charge on any atom is -0.467 e. The van der Waals surface area contributed by atoms with Crippen molar-refractivity contribution < 1.29 is 14.3 Å². The SMILES string of the molecule is O=C(NC(CO)c1ccco1)c1cc2cc(Br)ccc2[nH]1. The van der Waals surface area contributed by atoms with E-state index in [0.29, 0.717) is 11.5 Å². The number of rotatable bonds is 4. The van der Waals surface area contributed by atoms with Crippen molar-refractivity contribution in [1.29, 1.82) is 0 Å². The molecule has 0 radical (unpaired) electrons. The van der Waals surface area contributed by atoms with Gasteiger partial charge in [0.25, 0.3) is 5.91 Å². The van der Waals surface area contributed by atoms with E-state index >= 15 is 0 Å². The van der Waals surface area contributed by atoms with Gasteiger partial charge in [-0.05, 0) is 36.4 Å². The summed E-state index contributed by atoms with van der Waals surface area (Å²) in [5.74, 6) is 0.225. The largest absolute Gasteiger partial charge is 0.467 e. The minimum absolute atomic E-state index is 0.231. The molecule has 1 atom stereocenters. The van der Waals surface area contributed by atoms with Crippen LogP contribution in [-0.4, -0.2) is 22.6 Å². The molecular weight excluding hydrogens is 336 g/mol. The monoisotopic (exact) mass is 348 g/mol. The van der Waals surface area contributed by atoms with Crippen molar-refractivity contribution in [2.75, 3.05) is 6.61 Å². The number of hydrogen-bond acceptors (Lipinski definition) is 3. The summed E-state index contributed by atoms with van der Waals surface area (Å²) >= 11 is 3.40. The van der Waals surface area contributed by atoms with Crippen LogP contribution in [0.5, 0.6) is 0 Å². The van der Waals surface area contributed by atoms with Gasteiger partial charge in [-0.3, -0.25) is 4.79 Å². The fourth-order valence-electron chi connectivity index (χ4n) is 2.16. The summed E-state index contributed by atoms with van der Waals surface area (Å²) in [5.41, 5.74) is 1.31. The zero-order valence-electron chi connectivity index (χ0n) is 11.0. The van der Waals surface area contributed by atoms with Crippen LogP contribution in [0.4, 0.5) is 0 Å². The van der Waals surface area contributed by atoms with E-state index in [0.717, 1.165) is 15.4 Å². The zero-order chi connectivity index (χ0) is 14.8. The van der Waals surface area contributed by atoms with Crippen molar-refractivity contribution in [3.8, 4) is 0 Å². The van der Waals surface area contributed by atoms with E-state index in [1.807, 2.05) is 18.2 Å². The molecule has 3 N–H and O–H groups in total. The van der Waals surface area contributed by atoms with E-state index in [9.17, 15) is 9.90 Å². The maximum atomic E-state index is 12.3. The molecule has 0 aliphatic heterocycles. The third-order valence-electron chi connectivity index (χ3n) is 3.20. The van der Waals surface area contributed by atoms with Crippen LogP contribution in [0.25, 0.3) is 10.9 Å². The van der Waals surface area contributed by atoms with E-state index < -0.39 is 6.04 Å². The molecule has 0 bridgehead atoms. The van der Waals surface area contributed by atoms with Gasteiger partial charge in [-0.2, -0.15) is 0 Å². The van der Waals surface area contributed by atoms with Gasteiger partial charge in [0.15, 0.2) is 0 Å². The number of nitrogens with one attached hydrogen (secondary N) is 2. The highest BCUT2D eigenvalue weighted by molar-refractivity contribution is 9.10. The van der Waals surface area contributed by atoms with Crippen LogP contribution in [0.3, 0.4) is 0 Å². The van der Waals surface area contributed by atoms with Crippen molar-refractivity contribution in [3.05, 3.63) is 58.6 Å². The minimum atomic E-state index is -0.564. The second-order valence-corrected chi connectivity index (χ2v) is 5.55. The van der Waals surface area contributed by atoms with Crippen LogP contribution in [-0.2, 0) is 0 Å². The smallest absolute Gasteiger partial charge is 0.268 e. The van der Waals surface area contributed by atoms with Gasteiger partial charge in [-0.25, -0.2) is 0 Å². The van der Waals surface area contributed by atoms with Gasteiger partial charge in [0, 0.05) is 15.4 Å². The fourth-order valence-corrected chi connectivity index (χ4v) is 2.54. The number of halogens is 1. The number of aliphatic hydroxyl groups is 1. The number of carbonyl (C=O) groups is 1. The Hall–Kier alpha value is -2.05. The highest BCUT2D eigenvalue weighted by Gasteiger charge is 2.18. The number of carbonyl (C=O) groups excluding carboxylic acids is 1. The molecule has 21 heavy (non-hydrogen) atoms. The summed E-state index contributed by atoms with van der Waals surface area (Å²) in [4.78, 5) is 15.3. The molecule has 5 nitrogen and oxygen atoms in total. The topological polar surface area (TPSA) is 78.3 Å². The molecule has 0 saturated carbocycles. The number of hydrogen-bond donors (Lipinski definition) is 3. The van der Waals surface area contributed by atoms with Crippen LogP contribution in [0.1, 0.15) is 22.3 Å². The summed E-state index contributed by atoms with van der Waals surface area (Å²) in [6.07, 6.45) is 1.50. The first kappa shape index (κ1) is 13.9. The van der Waals surface area contributed by atoms with E-state index in [1.54, 1.807) is 18.2 Å². The first-order chi connectivity index (χ1) is 10.2. The van der Waals surface area contributed by atoms with Gasteiger partial charge in [0.05, 0.1) is 12.9 Å². The third kappa shape index (κ3) is 2.86. The molecule has 6 heteroatoms. The number of amides is 1. The Morgan fingerprint density at radius 1 is 1.38 bits per heavy atom. The van der Waals surface area contributed by atoms with Gasteiger partial charge in [-0.1, -0.05) is 15.9 Å². The molecule has 0 fully saturated rings. The van der Waals surface area contributed by atoms with Crippen molar-refractivity contribution >= 4 is 32.7 Å². The molecule has 1 amide bonds. The quantitative estimate of drug-likeness (QED) is 0.678. The van der Waals surface area contributed by atoms with E-state index in [2.05, 4.69) is 26.2 Å². The van der Waals surface area contributed by atoms with Gasteiger partial charge in [0.2, 0.25) is 0 Å². The summed E-state index contributed by atoms with van der Waals surface area (Å²) in [5, 5.41) is 13.1. The van der Waals surface area contributed by atoms with Gasteiger partial charge >= 0.3 is 0 Å². The maximum Gasteiger partial charge on any atom is 0.268 e. The summed E-state index contributed by atoms with van der Waals surface area (Å²) in [6, 6.07) is 10.4. The van der Waals surface area contributed by atoms with Crippen molar-refractivity contribution in [3.63, 3.8) is 0 Å². The number of benzene rings is 1. The molecule has 0 saturated heterocycles. The second kappa shape index (κ2) is 5.75. The van der Waals surface area contributed by atoms with Crippen molar-refractivity contribution in [1.82, 2.24) is 10.3 Å². The Bertz CT molecular complexity index is 764. The highest BCUT2D eigenvalue weighted by atomic mass is 79.9. The average Bonchev–Trinajstić information content (AvgIpc) is 3.12. The predicted octanol–water partition coefficient (Wildman–Crippen LogP) is 2.99. The summed E-state index contributed by atoms with van der Waals surface area (Å²) in [6.45, 7) is -0.231. The lowest BCUT2D eigenvalue weighted by Crippen LogP contribution is -2.30. The van der Waals surface area contributed by atoms with Crippen molar-refractivity contribution in [2.24, 2.45) is 0 Å². The summed E-state index contributed by atoms with van der Waals surface area (Å²) in [7, 11) is 0. The Kier molecular flexibility index (Phi) is 3.81.